The molecule has 7 nitrogen and oxygen atoms in total. The van der Waals surface area contributed by atoms with Crippen LogP contribution in [0.2, 0.25) is 0 Å². The van der Waals surface area contributed by atoms with E-state index in [0.717, 1.165) is 48.6 Å². The van der Waals surface area contributed by atoms with Crippen LogP contribution in [-0.4, -0.2) is 33.4 Å². The van der Waals surface area contributed by atoms with Gasteiger partial charge in [-0.1, -0.05) is 48.7 Å². The predicted molar refractivity (Wildman–Crippen MR) is 103 cm³/mol. The Balaban J connectivity index is 1.50. The first-order valence-corrected chi connectivity index (χ1v) is 10.1. The Morgan fingerprint density at radius 1 is 1.15 bits per heavy atom. The number of hydrogen-bond donors (Lipinski definition) is 2. The Morgan fingerprint density at radius 2 is 1.85 bits per heavy atom. The number of hydrogen-bond acceptors (Lipinski definition) is 6. The van der Waals surface area contributed by atoms with E-state index in [1.807, 2.05) is 31.2 Å². The van der Waals surface area contributed by atoms with Crippen LogP contribution in [0.1, 0.15) is 44.6 Å². The minimum absolute atomic E-state index is 0.155. The van der Waals surface area contributed by atoms with E-state index in [1.165, 1.54) is 6.42 Å². The molecular formula is C19H24N4O3S. The lowest BCUT2D eigenvalue weighted by Crippen LogP contribution is -2.47. The third-order valence-electron chi connectivity index (χ3n) is 4.53. The van der Waals surface area contributed by atoms with Gasteiger partial charge in [-0.3, -0.25) is 10.1 Å². The predicted octanol–water partition coefficient (Wildman–Crippen LogP) is 3.68. The maximum absolute atomic E-state index is 12.2. The fraction of sp³-hybridized carbons (Fsp3) is 0.474. The summed E-state index contributed by atoms with van der Waals surface area (Å²) in [5.41, 5.74) is 1.97. The van der Waals surface area contributed by atoms with Crippen LogP contribution < -0.4 is 10.6 Å². The lowest BCUT2D eigenvalue weighted by Gasteiger charge is -2.22. The number of aryl methyl sites for hydroxylation is 1. The van der Waals surface area contributed by atoms with Gasteiger partial charge in [0.25, 0.3) is 5.22 Å². The van der Waals surface area contributed by atoms with E-state index in [1.54, 1.807) is 6.92 Å². The molecule has 0 spiro atoms. The molecule has 1 atom stereocenters. The quantitative estimate of drug-likeness (QED) is 0.758. The van der Waals surface area contributed by atoms with Crippen molar-refractivity contribution in [1.82, 2.24) is 20.8 Å². The molecule has 1 saturated carbocycles. The highest BCUT2D eigenvalue weighted by molar-refractivity contribution is 8.00. The molecule has 1 heterocycles. The van der Waals surface area contributed by atoms with Gasteiger partial charge in [-0.25, -0.2) is 4.79 Å². The molecule has 8 heteroatoms. The Morgan fingerprint density at radius 3 is 2.56 bits per heavy atom. The summed E-state index contributed by atoms with van der Waals surface area (Å²) in [7, 11) is 0. The van der Waals surface area contributed by atoms with Crippen LogP contribution in [0.3, 0.4) is 0 Å². The van der Waals surface area contributed by atoms with Crippen LogP contribution in [-0.2, 0) is 4.79 Å². The van der Waals surface area contributed by atoms with Crippen molar-refractivity contribution in [3.05, 3.63) is 29.8 Å². The number of carbonyl (C=O) groups is 2. The average Bonchev–Trinajstić information content (AvgIpc) is 3.11. The monoisotopic (exact) mass is 388 g/mol. The number of benzene rings is 1. The molecule has 0 aliphatic heterocycles. The molecule has 1 aromatic heterocycles. The van der Waals surface area contributed by atoms with Crippen molar-refractivity contribution in [3.63, 3.8) is 0 Å². The number of amides is 3. The summed E-state index contributed by atoms with van der Waals surface area (Å²) >= 11 is 1.13. The SMILES string of the molecule is Cc1ccc(-c2nnc(S[C@H](C)C(=O)NC(=O)NC3CCCCC3)o2)cc1. The normalized spacial score (nSPS) is 15.9. The highest BCUT2D eigenvalue weighted by Crippen LogP contribution is 2.26. The number of aromatic nitrogens is 2. The fourth-order valence-electron chi connectivity index (χ4n) is 2.96. The van der Waals surface area contributed by atoms with Gasteiger partial charge < -0.3 is 9.73 Å². The van der Waals surface area contributed by atoms with Gasteiger partial charge in [-0.15, -0.1) is 10.2 Å². The number of urea groups is 1. The molecule has 0 bridgehead atoms. The van der Waals surface area contributed by atoms with E-state index in [2.05, 4.69) is 20.8 Å². The van der Waals surface area contributed by atoms with Gasteiger partial charge in [0.15, 0.2) is 0 Å². The minimum atomic E-state index is -0.534. The Labute approximate surface area is 162 Å². The third-order valence-corrected chi connectivity index (χ3v) is 5.46. The first-order chi connectivity index (χ1) is 13.0. The number of nitrogens with one attached hydrogen (secondary N) is 2. The zero-order valence-corrected chi connectivity index (χ0v) is 16.3. The standard InChI is InChI=1S/C19H24N4O3S/c1-12-8-10-14(11-9-12)17-22-23-19(26-17)27-13(2)16(24)21-18(25)20-15-6-4-3-5-7-15/h8-11,13,15H,3-7H2,1-2H3,(H2,20,21,24,25)/t13-/m1/s1. The van der Waals surface area contributed by atoms with Gasteiger partial charge in [0.2, 0.25) is 11.8 Å². The zero-order chi connectivity index (χ0) is 19.2. The number of carbonyl (C=O) groups excluding carboxylic acids is 2. The van der Waals surface area contributed by atoms with Crippen LogP contribution >= 0.6 is 11.8 Å². The second-order valence-electron chi connectivity index (χ2n) is 6.80. The number of imide groups is 1. The largest absolute Gasteiger partial charge is 0.411 e. The van der Waals surface area contributed by atoms with E-state index in [0.29, 0.717) is 11.1 Å². The Hall–Kier alpha value is -2.35. The van der Waals surface area contributed by atoms with Crippen molar-refractivity contribution in [1.29, 1.82) is 0 Å². The van der Waals surface area contributed by atoms with Gasteiger partial charge in [-0.2, -0.15) is 0 Å². The number of rotatable bonds is 5. The summed E-state index contributed by atoms with van der Waals surface area (Å²) < 4.78 is 5.62. The van der Waals surface area contributed by atoms with E-state index < -0.39 is 11.3 Å². The fourth-order valence-corrected chi connectivity index (χ4v) is 3.64. The topological polar surface area (TPSA) is 97.1 Å². The summed E-state index contributed by atoms with van der Waals surface area (Å²) in [6.07, 6.45) is 5.38. The lowest BCUT2D eigenvalue weighted by molar-refractivity contribution is -0.119. The molecule has 0 radical (unpaired) electrons. The average molecular weight is 388 g/mol. The molecule has 1 aliphatic carbocycles. The summed E-state index contributed by atoms with van der Waals surface area (Å²) in [6, 6.07) is 7.46. The second kappa shape index (κ2) is 9.03. The molecule has 0 saturated heterocycles. The van der Waals surface area contributed by atoms with Crippen molar-refractivity contribution in [2.24, 2.45) is 0 Å². The zero-order valence-electron chi connectivity index (χ0n) is 15.5. The molecule has 2 N–H and O–H groups in total. The van der Waals surface area contributed by atoms with Gasteiger partial charge in [0.05, 0.1) is 5.25 Å². The summed E-state index contributed by atoms with van der Waals surface area (Å²) in [6.45, 7) is 3.70. The van der Waals surface area contributed by atoms with Gasteiger partial charge in [0.1, 0.15) is 0 Å². The van der Waals surface area contributed by atoms with Gasteiger partial charge in [0, 0.05) is 11.6 Å². The molecule has 1 fully saturated rings. The van der Waals surface area contributed by atoms with Crippen LogP contribution in [0.15, 0.2) is 33.9 Å². The van der Waals surface area contributed by atoms with E-state index >= 15 is 0 Å². The third kappa shape index (κ3) is 5.56. The molecule has 2 aromatic rings. The summed E-state index contributed by atoms with van der Waals surface area (Å²) in [5, 5.41) is 13.0. The minimum Gasteiger partial charge on any atom is -0.411 e. The van der Waals surface area contributed by atoms with Gasteiger partial charge in [-0.05, 0) is 38.8 Å². The molecule has 27 heavy (non-hydrogen) atoms. The van der Waals surface area contributed by atoms with Crippen LogP contribution in [0.5, 0.6) is 0 Å². The molecule has 144 valence electrons. The Bertz CT molecular complexity index is 785. The summed E-state index contributed by atoms with van der Waals surface area (Å²) in [5.74, 6) is 0.0172. The molecule has 0 unspecified atom stereocenters. The maximum Gasteiger partial charge on any atom is 0.321 e. The molecule has 3 amide bonds. The number of thioether (sulfide) groups is 1. The molecular weight excluding hydrogens is 364 g/mol. The first kappa shape index (κ1) is 19.4. The second-order valence-corrected chi connectivity index (χ2v) is 8.09. The van der Waals surface area contributed by atoms with Crippen LogP contribution in [0.4, 0.5) is 4.79 Å². The Kier molecular flexibility index (Phi) is 6.49. The van der Waals surface area contributed by atoms with Crippen molar-refractivity contribution in [2.45, 2.75) is 62.5 Å². The van der Waals surface area contributed by atoms with Crippen molar-refractivity contribution in [2.75, 3.05) is 0 Å². The van der Waals surface area contributed by atoms with Crippen molar-refractivity contribution in [3.8, 4) is 11.5 Å². The van der Waals surface area contributed by atoms with E-state index in [-0.39, 0.29) is 11.9 Å². The van der Waals surface area contributed by atoms with Crippen LogP contribution in [0.25, 0.3) is 11.5 Å². The highest BCUT2D eigenvalue weighted by Gasteiger charge is 2.22. The van der Waals surface area contributed by atoms with E-state index in [9.17, 15) is 9.59 Å². The maximum atomic E-state index is 12.2. The molecule has 1 aromatic carbocycles. The van der Waals surface area contributed by atoms with E-state index in [4.69, 9.17) is 4.42 Å². The van der Waals surface area contributed by atoms with Gasteiger partial charge >= 0.3 is 6.03 Å². The van der Waals surface area contributed by atoms with Crippen molar-refractivity contribution < 1.29 is 14.0 Å². The van der Waals surface area contributed by atoms with Crippen molar-refractivity contribution >= 4 is 23.7 Å². The van der Waals surface area contributed by atoms with Crippen LogP contribution in [0, 0.1) is 6.92 Å². The molecule has 3 rings (SSSR count). The molecule has 1 aliphatic rings. The lowest BCUT2D eigenvalue weighted by atomic mass is 9.96. The highest BCUT2D eigenvalue weighted by atomic mass is 32.2. The number of nitrogens with zero attached hydrogens (tertiary/aromatic N) is 2. The summed E-state index contributed by atoms with van der Waals surface area (Å²) in [4.78, 5) is 24.2. The first-order valence-electron chi connectivity index (χ1n) is 9.20. The smallest absolute Gasteiger partial charge is 0.321 e.